The smallest absolute Gasteiger partial charge is 0.275 e. The summed E-state index contributed by atoms with van der Waals surface area (Å²) in [7, 11) is 0. The summed E-state index contributed by atoms with van der Waals surface area (Å²) in [5.74, 6) is -0.438. The van der Waals surface area contributed by atoms with Crippen LogP contribution in [0.1, 0.15) is 12.1 Å². The molecular weight excluding hydrogens is 333 g/mol. The summed E-state index contributed by atoms with van der Waals surface area (Å²) in [6.45, 7) is 0.201. The van der Waals surface area contributed by atoms with Crippen molar-refractivity contribution < 1.29 is 9.18 Å². The van der Waals surface area contributed by atoms with E-state index in [9.17, 15) is 14.0 Å². The van der Waals surface area contributed by atoms with E-state index in [4.69, 9.17) is 0 Å². The number of benzene rings is 1. The Balaban J connectivity index is 1.69. The highest BCUT2D eigenvalue weighted by Gasteiger charge is 2.13. The van der Waals surface area contributed by atoms with Gasteiger partial charge in [-0.05, 0) is 42.5 Å². The molecule has 3 aromatic heterocycles. The van der Waals surface area contributed by atoms with Gasteiger partial charge < -0.3 is 8.97 Å². The number of hydrogen-bond acceptors (Lipinski definition) is 3. The van der Waals surface area contributed by atoms with Crippen molar-refractivity contribution in [3.05, 3.63) is 82.8 Å². The van der Waals surface area contributed by atoms with E-state index in [-0.39, 0.29) is 30.7 Å². The van der Waals surface area contributed by atoms with Crippen molar-refractivity contribution in [2.75, 3.05) is 0 Å². The number of fused-ring (bicyclic) bond motifs is 3. The summed E-state index contributed by atoms with van der Waals surface area (Å²) in [5.41, 5.74) is 2.16. The minimum Gasteiger partial charge on any atom is -0.310 e. The second-order valence-corrected chi connectivity index (χ2v) is 6.14. The Kier molecular flexibility index (Phi) is 4.08. The molecule has 0 spiro atoms. The quantitative estimate of drug-likeness (QED) is 0.557. The summed E-state index contributed by atoms with van der Waals surface area (Å²) in [6.07, 6.45) is 3.81. The third-order valence-corrected chi connectivity index (χ3v) is 4.42. The van der Waals surface area contributed by atoms with Gasteiger partial charge in [0.05, 0.1) is 11.0 Å². The van der Waals surface area contributed by atoms with Gasteiger partial charge >= 0.3 is 0 Å². The molecule has 4 rings (SSSR count). The normalized spacial score (nSPS) is 11.3. The standard InChI is InChI=1S/C20H16FN3O2/c21-14-6-7-17-19(12-14)24(20(26)18-5-3-10-23(17)18)11-8-16(25)13-15-4-1-2-9-22-15/h1-7,9-10,12H,8,11,13H2. The highest BCUT2D eigenvalue weighted by molar-refractivity contribution is 5.81. The number of halogens is 1. The monoisotopic (exact) mass is 349 g/mol. The second kappa shape index (κ2) is 6.55. The molecule has 0 fully saturated rings. The van der Waals surface area contributed by atoms with Crippen LogP contribution in [0, 0.1) is 5.82 Å². The Morgan fingerprint density at radius 1 is 1.04 bits per heavy atom. The van der Waals surface area contributed by atoms with Gasteiger partial charge in [-0.2, -0.15) is 0 Å². The molecule has 0 aliphatic heterocycles. The average molecular weight is 349 g/mol. The topological polar surface area (TPSA) is 56.4 Å². The van der Waals surface area contributed by atoms with Gasteiger partial charge in [0, 0.05) is 37.5 Å². The fraction of sp³-hybridized carbons (Fsp3) is 0.150. The fourth-order valence-electron chi connectivity index (χ4n) is 3.18. The number of rotatable bonds is 5. The SMILES string of the molecule is O=C(CCn1c(=O)c2cccn2c2ccc(F)cc21)Cc1ccccn1. The second-order valence-electron chi connectivity index (χ2n) is 6.14. The molecule has 0 radical (unpaired) electrons. The average Bonchev–Trinajstić information content (AvgIpc) is 3.12. The summed E-state index contributed by atoms with van der Waals surface area (Å²) in [6, 6.07) is 13.2. The number of ketones is 1. The Morgan fingerprint density at radius 2 is 1.92 bits per heavy atom. The van der Waals surface area contributed by atoms with Crippen LogP contribution < -0.4 is 5.56 Å². The van der Waals surface area contributed by atoms with Crippen molar-refractivity contribution in [3.8, 4) is 0 Å². The molecule has 0 saturated heterocycles. The van der Waals surface area contributed by atoms with Crippen molar-refractivity contribution in [2.45, 2.75) is 19.4 Å². The van der Waals surface area contributed by atoms with Crippen molar-refractivity contribution in [2.24, 2.45) is 0 Å². The lowest BCUT2D eigenvalue weighted by atomic mass is 10.1. The van der Waals surface area contributed by atoms with E-state index in [0.717, 1.165) is 5.52 Å². The summed E-state index contributed by atoms with van der Waals surface area (Å²) in [5, 5.41) is 0. The number of aryl methyl sites for hydroxylation is 1. The van der Waals surface area contributed by atoms with Gasteiger partial charge in [-0.1, -0.05) is 6.07 Å². The van der Waals surface area contributed by atoms with Gasteiger partial charge in [-0.25, -0.2) is 4.39 Å². The Morgan fingerprint density at radius 3 is 2.73 bits per heavy atom. The maximum atomic E-state index is 13.8. The lowest BCUT2D eigenvalue weighted by molar-refractivity contribution is -0.118. The molecule has 0 aliphatic carbocycles. The van der Waals surface area contributed by atoms with E-state index in [1.54, 1.807) is 47.1 Å². The van der Waals surface area contributed by atoms with E-state index < -0.39 is 5.82 Å². The van der Waals surface area contributed by atoms with Crippen LogP contribution in [0.2, 0.25) is 0 Å². The van der Waals surface area contributed by atoms with Gasteiger partial charge in [0.25, 0.3) is 5.56 Å². The van der Waals surface area contributed by atoms with Crippen LogP contribution in [0.5, 0.6) is 0 Å². The predicted molar refractivity (Wildman–Crippen MR) is 96.7 cm³/mol. The molecule has 3 heterocycles. The third kappa shape index (κ3) is 2.90. The number of aromatic nitrogens is 3. The molecule has 0 N–H and O–H groups in total. The summed E-state index contributed by atoms with van der Waals surface area (Å²) in [4.78, 5) is 29.2. The summed E-state index contributed by atoms with van der Waals surface area (Å²) >= 11 is 0. The molecule has 26 heavy (non-hydrogen) atoms. The maximum Gasteiger partial charge on any atom is 0.275 e. The number of carbonyl (C=O) groups is 1. The van der Waals surface area contributed by atoms with E-state index >= 15 is 0 Å². The number of Topliss-reactive ketones (excluding diaryl/α,β-unsaturated/α-hetero) is 1. The first-order valence-corrected chi connectivity index (χ1v) is 8.34. The largest absolute Gasteiger partial charge is 0.310 e. The first-order valence-electron chi connectivity index (χ1n) is 8.34. The zero-order valence-corrected chi connectivity index (χ0v) is 13.9. The van der Waals surface area contributed by atoms with Crippen LogP contribution in [-0.4, -0.2) is 19.7 Å². The predicted octanol–water partition coefficient (Wildman–Crippen LogP) is 2.99. The summed E-state index contributed by atoms with van der Waals surface area (Å²) < 4.78 is 17.0. The minimum absolute atomic E-state index is 0.0181. The number of carbonyl (C=O) groups excluding carboxylic acids is 1. The molecule has 0 aliphatic rings. The molecule has 0 bridgehead atoms. The van der Waals surface area contributed by atoms with Gasteiger partial charge in [0.2, 0.25) is 0 Å². The molecule has 6 heteroatoms. The van der Waals surface area contributed by atoms with Crippen LogP contribution in [-0.2, 0) is 17.8 Å². The first-order chi connectivity index (χ1) is 12.6. The van der Waals surface area contributed by atoms with E-state index in [0.29, 0.717) is 16.7 Å². The maximum absolute atomic E-state index is 13.8. The lowest BCUT2D eigenvalue weighted by Crippen LogP contribution is -2.24. The van der Waals surface area contributed by atoms with Crippen molar-refractivity contribution in [3.63, 3.8) is 0 Å². The highest BCUT2D eigenvalue weighted by Crippen LogP contribution is 2.17. The molecule has 0 atom stereocenters. The Labute approximate surface area is 148 Å². The first kappa shape index (κ1) is 16.2. The molecule has 0 saturated carbocycles. The van der Waals surface area contributed by atoms with Crippen molar-refractivity contribution in [1.82, 2.24) is 14.0 Å². The van der Waals surface area contributed by atoms with Gasteiger partial charge in [0.15, 0.2) is 0 Å². The molecule has 4 aromatic rings. The van der Waals surface area contributed by atoms with Crippen molar-refractivity contribution >= 4 is 22.3 Å². The van der Waals surface area contributed by atoms with Crippen LogP contribution in [0.25, 0.3) is 16.6 Å². The van der Waals surface area contributed by atoms with E-state index in [1.165, 1.54) is 16.7 Å². The third-order valence-electron chi connectivity index (χ3n) is 4.42. The highest BCUT2D eigenvalue weighted by atomic mass is 19.1. The fourth-order valence-corrected chi connectivity index (χ4v) is 3.18. The molecule has 130 valence electrons. The Hall–Kier alpha value is -3.28. The molecular formula is C20H16FN3O2. The van der Waals surface area contributed by atoms with Gasteiger partial charge in [-0.15, -0.1) is 0 Å². The molecule has 5 nitrogen and oxygen atoms in total. The number of hydrogen-bond donors (Lipinski definition) is 0. The van der Waals surface area contributed by atoms with Crippen LogP contribution >= 0.6 is 0 Å². The van der Waals surface area contributed by atoms with Gasteiger partial charge in [-0.3, -0.25) is 14.6 Å². The zero-order chi connectivity index (χ0) is 18.1. The van der Waals surface area contributed by atoms with Gasteiger partial charge in [0.1, 0.15) is 17.1 Å². The molecule has 0 amide bonds. The van der Waals surface area contributed by atoms with E-state index in [1.807, 2.05) is 6.07 Å². The van der Waals surface area contributed by atoms with Crippen molar-refractivity contribution in [1.29, 1.82) is 0 Å². The minimum atomic E-state index is -0.419. The number of pyridine rings is 1. The number of nitrogens with zero attached hydrogens (tertiary/aromatic N) is 3. The Bertz CT molecular complexity index is 1160. The van der Waals surface area contributed by atoms with Crippen LogP contribution in [0.4, 0.5) is 4.39 Å². The van der Waals surface area contributed by atoms with Crippen LogP contribution in [0.3, 0.4) is 0 Å². The molecule has 1 aromatic carbocycles. The lowest BCUT2D eigenvalue weighted by Gasteiger charge is -2.12. The van der Waals surface area contributed by atoms with E-state index in [2.05, 4.69) is 4.98 Å². The zero-order valence-electron chi connectivity index (χ0n) is 13.9. The molecule has 0 unspecified atom stereocenters. The van der Waals surface area contributed by atoms with Crippen LogP contribution in [0.15, 0.2) is 65.7 Å².